The van der Waals surface area contributed by atoms with Crippen LogP contribution < -0.4 is 5.32 Å². The Kier molecular flexibility index (Phi) is 2.51. The summed E-state index contributed by atoms with van der Waals surface area (Å²) in [6.45, 7) is 0.177. The van der Waals surface area contributed by atoms with Gasteiger partial charge in [0.2, 0.25) is 0 Å². The summed E-state index contributed by atoms with van der Waals surface area (Å²) in [7, 11) is 1.34. The van der Waals surface area contributed by atoms with Gasteiger partial charge in [0.15, 0.2) is 5.78 Å². The maximum atomic E-state index is 11.5. The Morgan fingerprint density at radius 2 is 2.20 bits per heavy atom. The van der Waals surface area contributed by atoms with Crippen LogP contribution in [0.2, 0.25) is 0 Å². The monoisotopic (exact) mass is 205 g/mol. The van der Waals surface area contributed by atoms with Gasteiger partial charge in [-0.3, -0.25) is 10.1 Å². The largest absolute Gasteiger partial charge is 0.468 e. The molecule has 0 radical (unpaired) electrons. The van der Waals surface area contributed by atoms with Crippen molar-refractivity contribution in [3.8, 4) is 0 Å². The lowest BCUT2D eigenvalue weighted by Gasteiger charge is -2.23. The van der Waals surface area contributed by atoms with Crippen LogP contribution in [0.3, 0.4) is 0 Å². The van der Waals surface area contributed by atoms with E-state index in [4.69, 9.17) is 0 Å². The van der Waals surface area contributed by atoms with Crippen molar-refractivity contribution in [2.45, 2.75) is 6.04 Å². The average molecular weight is 205 g/mol. The number of esters is 1. The number of rotatable bonds is 1. The normalized spacial score (nSPS) is 19.5. The van der Waals surface area contributed by atoms with Crippen molar-refractivity contribution in [3.05, 3.63) is 35.4 Å². The molecule has 1 heterocycles. The molecule has 78 valence electrons. The van der Waals surface area contributed by atoms with Gasteiger partial charge in [-0.05, 0) is 5.56 Å². The van der Waals surface area contributed by atoms with E-state index in [0.29, 0.717) is 11.1 Å². The lowest BCUT2D eigenvalue weighted by molar-refractivity contribution is -0.143. The van der Waals surface area contributed by atoms with Crippen molar-refractivity contribution >= 4 is 11.8 Å². The summed E-state index contributed by atoms with van der Waals surface area (Å²) in [6.07, 6.45) is 0. The van der Waals surface area contributed by atoms with E-state index in [1.807, 2.05) is 0 Å². The molecule has 1 aliphatic heterocycles. The Hall–Kier alpha value is -1.68. The predicted molar refractivity (Wildman–Crippen MR) is 53.5 cm³/mol. The van der Waals surface area contributed by atoms with E-state index >= 15 is 0 Å². The van der Waals surface area contributed by atoms with E-state index in [1.165, 1.54) is 7.11 Å². The van der Waals surface area contributed by atoms with Gasteiger partial charge in [0.05, 0.1) is 13.7 Å². The van der Waals surface area contributed by atoms with Gasteiger partial charge in [-0.2, -0.15) is 0 Å². The van der Waals surface area contributed by atoms with Crippen LogP contribution in [0.25, 0.3) is 0 Å². The lowest BCUT2D eigenvalue weighted by Crippen LogP contribution is -2.39. The van der Waals surface area contributed by atoms with Gasteiger partial charge >= 0.3 is 5.97 Å². The molecule has 1 aromatic carbocycles. The molecule has 0 aromatic heterocycles. The van der Waals surface area contributed by atoms with Crippen LogP contribution in [0.15, 0.2) is 24.3 Å². The summed E-state index contributed by atoms with van der Waals surface area (Å²) in [4.78, 5) is 23.0. The number of ketones is 1. The van der Waals surface area contributed by atoms with Crippen molar-refractivity contribution in [3.63, 3.8) is 0 Å². The number of hydrogen-bond donors (Lipinski definition) is 1. The summed E-state index contributed by atoms with van der Waals surface area (Å²) >= 11 is 0. The highest BCUT2D eigenvalue weighted by Gasteiger charge is 2.30. The Balaban J connectivity index is 2.44. The molecule has 0 amide bonds. The van der Waals surface area contributed by atoms with Crippen molar-refractivity contribution in [1.29, 1.82) is 0 Å². The molecule has 0 saturated carbocycles. The second-order valence-electron chi connectivity index (χ2n) is 3.35. The first kappa shape index (κ1) is 9.86. The smallest absolute Gasteiger partial charge is 0.327 e. The second-order valence-corrected chi connectivity index (χ2v) is 3.35. The Morgan fingerprint density at radius 1 is 1.47 bits per heavy atom. The number of carbonyl (C=O) groups is 2. The van der Waals surface area contributed by atoms with E-state index in [2.05, 4.69) is 10.1 Å². The highest BCUT2D eigenvalue weighted by molar-refractivity contribution is 6.02. The van der Waals surface area contributed by atoms with Crippen molar-refractivity contribution in [1.82, 2.24) is 5.32 Å². The van der Waals surface area contributed by atoms with Gasteiger partial charge in [0.1, 0.15) is 6.04 Å². The zero-order valence-corrected chi connectivity index (χ0v) is 8.32. The number of hydrogen-bond acceptors (Lipinski definition) is 4. The third kappa shape index (κ3) is 1.64. The molecule has 1 atom stereocenters. The highest BCUT2D eigenvalue weighted by atomic mass is 16.5. The van der Waals surface area contributed by atoms with Crippen molar-refractivity contribution < 1.29 is 14.3 Å². The van der Waals surface area contributed by atoms with Crippen molar-refractivity contribution in [2.75, 3.05) is 13.7 Å². The van der Waals surface area contributed by atoms with Gasteiger partial charge in [0.25, 0.3) is 0 Å². The van der Waals surface area contributed by atoms with Gasteiger partial charge in [-0.15, -0.1) is 0 Å². The fourth-order valence-electron chi connectivity index (χ4n) is 1.73. The van der Waals surface area contributed by atoms with Gasteiger partial charge in [0, 0.05) is 5.56 Å². The number of Topliss-reactive ketones (excluding diaryl/α,β-unsaturated/α-hetero) is 1. The molecule has 1 N–H and O–H groups in total. The molecule has 0 fully saturated rings. The maximum absolute atomic E-state index is 11.5. The minimum atomic E-state index is -0.524. The standard InChI is InChI=1S/C11H11NO3/c1-15-11(14)10-8-5-3-2-4-7(8)9(13)6-12-10/h2-5,10,12H,6H2,1H3. The van der Waals surface area contributed by atoms with Gasteiger partial charge in [-0.1, -0.05) is 24.3 Å². The molecule has 4 nitrogen and oxygen atoms in total. The fraction of sp³-hybridized carbons (Fsp3) is 0.273. The fourth-order valence-corrected chi connectivity index (χ4v) is 1.73. The molecule has 0 spiro atoms. The Labute approximate surface area is 87.2 Å². The SMILES string of the molecule is COC(=O)C1NCC(=O)c2ccccc21. The van der Waals surface area contributed by atoms with Crippen LogP contribution >= 0.6 is 0 Å². The van der Waals surface area contributed by atoms with Gasteiger partial charge in [-0.25, -0.2) is 4.79 Å². The molecule has 1 unspecified atom stereocenters. The third-order valence-electron chi connectivity index (χ3n) is 2.48. The van der Waals surface area contributed by atoms with E-state index < -0.39 is 6.04 Å². The number of methoxy groups -OCH3 is 1. The Morgan fingerprint density at radius 3 is 2.93 bits per heavy atom. The van der Waals surface area contributed by atoms with E-state index in [-0.39, 0.29) is 18.3 Å². The quantitative estimate of drug-likeness (QED) is 0.685. The molecule has 1 aliphatic rings. The zero-order chi connectivity index (χ0) is 10.8. The number of nitrogens with one attached hydrogen (secondary N) is 1. The average Bonchev–Trinajstić information content (AvgIpc) is 2.29. The summed E-state index contributed by atoms with van der Waals surface area (Å²) in [5.41, 5.74) is 1.30. The van der Waals surface area contributed by atoms with E-state index in [9.17, 15) is 9.59 Å². The molecule has 4 heteroatoms. The molecule has 2 rings (SSSR count). The first-order valence-corrected chi connectivity index (χ1v) is 4.67. The van der Waals surface area contributed by atoms with E-state index in [1.54, 1.807) is 24.3 Å². The second kappa shape index (κ2) is 3.82. The van der Waals surface area contributed by atoms with E-state index in [0.717, 1.165) is 0 Å². The molecular weight excluding hydrogens is 194 g/mol. The molecular formula is C11H11NO3. The number of carbonyl (C=O) groups excluding carboxylic acids is 2. The summed E-state index contributed by atoms with van der Waals surface area (Å²) < 4.78 is 4.67. The summed E-state index contributed by atoms with van der Waals surface area (Å²) in [5, 5.41) is 2.85. The van der Waals surface area contributed by atoms with Crippen LogP contribution in [-0.2, 0) is 9.53 Å². The number of fused-ring (bicyclic) bond motifs is 1. The molecule has 0 saturated heterocycles. The van der Waals surface area contributed by atoms with Crippen LogP contribution in [0, 0.1) is 0 Å². The first-order chi connectivity index (χ1) is 7.24. The minimum Gasteiger partial charge on any atom is -0.468 e. The van der Waals surface area contributed by atoms with Crippen LogP contribution in [0.4, 0.5) is 0 Å². The van der Waals surface area contributed by atoms with Crippen molar-refractivity contribution in [2.24, 2.45) is 0 Å². The topological polar surface area (TPSA) is 55.4 Å². The zero-order valence-electron chi connectivity index (χ0n) is 8.32. The van der Waals surface area contributed by atoms with Gasteiger partial charge < -0.3 is 4.74 Å². The predicted octanol–water partition coefficient (Wildman–Crippen LogP) is 0.687. The third-order valence-corrected chi connectivity index (χ3v) is 2.48. The van der Waals surface area contributed by atoms with Crippen LogP contribution in [-0.4, -0.2) is 25.4 Å². The molecule has 0 aliphatic carbocycles. The van der Waals surface area contributed by atoms with Crippen LogP contribution in [0.5, 0.6) is 0 Å². The lowest BCUT2D eigenvalue weighted by atomic mass is 9.94. The summed E-state index contributed by atoms with van der Waals surface area (Å²) in [6, 6.07) is 6.56. The van der Waals surface area contributed by atoms with Crippen LogP contribution in [0.1, 0.15) is 22.0 Å². The minimum absolute atomic E-state index is 0.00533. The molecule has 1 aromatic rings. The molecule has 0 bridgehead atoms. The first-order valence-electron chi connectivity index (χ1n) is 4.67. The summed E-state index contributed by atoms with van der Waals surface area (Å²) in [5.74, 6) is -0.360. The maximum Gasteiger partial charge on any atom is 0.327 e. The number of benzene rings is 1. The molecule has 15 heavy (non-hydrogen) atoms. The Bertz CT molecular complexity index is 414. The number of ether oxygens (including phenoxy) is 1. The highest BCUT2D eigenvalue weighted by Crippen LogP contribution is 2.23.